The molecule has 0 amide bonds. The third-order valence-electron chi connectivity index (χ3n) is 2.31. The van der Waals surface area contributed by atoms with Crippen LogP contribution in [-0.4, -0.2) is 13.6 Å². The molecule has 0 spiro atoms. The van der Waals surface area contributed by atoms with E-state index >= 15 is 0 Å². The molecule has 0 aliphatic heterocycles. The highest BCUT2D eigenvalue weighted by atomic mass is 79.9. The van der Waals surface area contributed by atoms with E-state index in [9.17, 15) is 0 Å². The highest BCUT2D eigenvalue weighted by Gasteiger charge is 2.06. The highest BCUT2D eigenvalue weighted by molar-refractivity contribution is 9.10. The maximum absolute atomic E-state index is 5.82. The molecule has 2 nitrogen and oxygen atoms in total. The Morgan fingerprint density at radius 3 is 2.64 bits per heavy atom. The van der Waals surface area contributed by atoms with Crippen LogP contribution in [0.4, 0.5) is 11.4 Å². The van der Waals surface area contributed by atoms with Gasteiger partial charge < -0.3 is 10.6 Å². The third-order valence-corrected chi connectivity index (χ3v) is 2.94. The summed E-state index contributed by atoms with van der Waals surface area (Å²) in [6.45, 7) is 5.27. The summed E-state index contributed by atoms with van der Waals surface area (Å²) in [5.41, 5.74) is 8.99. The van der Waals surface area contributed by atoms with Crippen molar-refractivity contribution in [2.45, 2.75) is 20.3 Å². The van der Waals surface area contributed by atoms with Crippen LogP contribution in [0.25, 0.3) is 0 Å². The van der Waals surface area contributed by atoms with Gasteiger partial charge in [0.2, 0.25) is 0 Å². The van der Waals surface area contributed by atoms with Crippen LogP contribution in [0.15, 0.2) is 16.6 Å². The van der Waals surface area contributed by atoms with Crippen molar-refractivity contribution in [2.75, 3.05) is 24.2 Å². The van der Waals surface area contributed by atoms with Crippen molar-refractivity contribution in [3.05, 3.63) is 22.2 Å². The molecule has 0 heterocycles. The molecule has 0 atom stereocenters. The molecule has 0 aromatic heterocycles. The van der Waals surface area contributed by atoms with Gasteiger partial charge in [-0.1, -0.05) is 6.92 Å². The van der Waals surface area contributed by atoms with Crippen molar-refractivity contribution in [1.82, 2.24) is 0 Å². The smallest absolute Gasteiger partial charge is 0.0512 e. The maximum Gasteiger partial charge on any atom is 0.0512 e. The van der Waals surface area contributed by atoms with Gasteiger partial charge in [0, 0.05) is 23.8 Å². The fourth-order valence-electron chi connectivity index (χ4n) is 1.43. The van der Waals surface area contributed by atoms with Crippen LogP contribution in [0.1, 0.15) is 18.9 Å². The van der Waals surface area contributed by atoms with E-state index < -0.39 is 0 Å². The molecule has 14 heavy (non-hydrogen) atoms. The quantitative estimate of drug-likeness (QED) is 0.842. The van der Waals surface area contributed by atoms with Gasteiger partial charge in [-0.3, -0.25) is 0 Å². The van der Waals surface area contributed by atoms with Gasteiger partial charge in [-0.25, -0.2) is 0 Å². The highest BCUT2D eigenvalue weighted by Crippen LogP contribution is 2.30. The molecule has 0 fully saturated rings. The Bertz CT molecular complexity index is 323. The van der Waals surface area contributed by atoms with Gasteiger partial charge in [-0.15, -0.1) is 0 Å². The fourth-order valence-corrected chi connectivity index (χ4v) is 2.09. The van der Waals surface area contributed by atoms with Crippen molar-refractivity contribution in [3.63, 3.8) is 0 Å². The second-order valence-corrected chi connectivity index (χ2v) is 4.44. The van der Waals surface area contributed by atoms with Crippen LogP contribution in [-0.2, 0) is 0 Å². The number of nitrogen functional groups attached to an aromatic ring is 1. The van der Waals surface area contributed by atoms with Crippen molar-refractivity contribution in [3.8, 4) is 0 Å². The van der Waals surface area contributed by atoms with E-state index in [2.05, 4.69) is 40.9 Å². The Morgan fingerprint density at radius 2 is 2.07 bits per heavy atom. The Labute approximate surface area is 94.2 Å². The predicted octanol–water partition coefficient (Wildman–Crippen LogP) is 3.19. The lowest BCUT2D eigenvalue weighted by molar-refractivity contribution is 0.850. The second-order valence-electron chi connectivity index (χ2n) is 3.58. The van der Waals surface area contributed by atoms with Crippen molar-refractivity contribution in [2.24, 2.45) is 0 Å². The van der Waals surface area contributed by atoms with Gasteiger partial charge >= 0.3 is 0 Å². The first-order valence-electron chi connectivity index (χ1n) is 4.83. The number of hydrogen-bond acceptors (Lipinski definition) is 2. The average molecular weight is 257 g/mol. The molecule has 78 valence electrons. The standard InChI is InChI=1S/C11H17BrN2/c1-4-5-14(3)11-6-8(2)10(13)7-9(11)12/h6-7H,4-5,13H2,1-3H3. The molecule has 0 saturated carbocycles. The number of anilines is 2. The van der Waals surface area contributed by atoms with Gasteiger partial charge in [0.05, 0.1) is 5.69 Å². The molecule has 0 saturated heterocycles. The molecule has 0 bridgehead atoms. The zero-order chi connectivity index (χ0) is 10.7. The summed E-state index contributed by atoms with van der Waals surface area (Å²) in [6, 6.07) is 4.09. The Balaban J connectivity index is 3.02. The predicted molar refractivity (Wildman–Crippen MR) is 66.9 cm³/mol. The molecule has 1 aromatic carbocycles. The first-order valence-corrected chi connectivity index (χ1v) is 5.62. The van der Waals surface area contributed by atoms with Crippen LogP contribution in [0, 0.1) is 6.92 Å². The van der Waals surface area contributed by atoms with Gasteiger partial charge in [-0.05, 0) is 47.0 Å². The van der Waals surface area contributed by atoms with E-state index in [1.807, 2.05) is 13.0 Å². The minimum Gasteiger partial charge on any atom is -0.398 e. The number of rotatable bonds is 3. The number of benzene rings is 1. The number of aryl methyl sites for hydroxylation is 1. The number of nitrogens with two attached hydrogens (primary N) is 1. The SMILES string of the molecule is CCCN(C)c1cc(C)c(N)cc1Br. The van der Waals surface area contributed by atoms with Crippen molar-refractivity contribution >= 4 is 27.3 Å². The maximum atomic E-state index is 5.82. The zero-order valence-electron chi connectivity index (χ0n) is 8.97. The summed E-state index contributed by atoms with van der Waals surface area (Å²) >= 11 is 3.53. The summed E-state index contributed by atoms with van der Waals surface area (Å²) in [4.78, 5) is 2.23. The largest absolute Gasteiger partial charge is 0.398 e. The molecule has 1 aromatic rings. The van der Waals surface area contributed by atoms with E-state index in [4.69, 9.17) is 5.73 Å². The molecule has 0 radical (unpaired) electrons. The lowest BCUT2D eigenvalue weighted by atomic mass is 10.1. The van der Waals surface area contributed by atoms with E-state index in [0.29, 0.717) is 0 Å². The summed E-state index contributed by atoms with van der Waals surface area (Å²) in [5, 5.41) is 0. The van der Waals surface area contributed by atoms with Gasteiger partial charge in [0.15, 0.2) is 0 Å². The normalized spacial score (nSPS) is 10.3. The fraction of sp³-hybridized carbons (Fsp3) is 0.455. The molecule has 3 heteroatoms. The summed E-state index contributed by atoms with van der Waals surface area (Å²) in [5.74, 6) is 0. The average Bonchev–Trinajstić information content (AvgIpc) is 2.11. The lowest BCUT2D eigenvalue weighted by Gasteiger charge is -2.21. The molecule has 1 rings (SSSR count). The van der Waals surface area contributed by atoms with Crippen LogP contribution < -0.4 is 10.6 Å². The van der Waals surface area contributed by atoms with E-state index in [0.717, 1.165) is 28.7 Å². The monoisotopic (exact) mass is 256 g/mol. The second kappa shape index (κ2) is 4.69. The summed E-state index contributed by atoms with van der Waals surface area (Å²) < 4.78 is 1.07. The molecule has 0 unspecified atom stereocenters. The van der Waals surface area contributed by atoms with E-state index in [-0.39, 0.29) is 0 Å². The topological polar surface area (TPSA) is 29.3 Å². The van der Waals surface area contributed by atoms with Gasteiger partial charge in [0.1, 0.15) is 0 Å². The third kappa shape index (κ3) is 2.41. The Kier molecular flexibility index (Phi) is 3.81. The van der Waals surface area contributed by atoms with E-state index in [1.165, 1.54) is 5.69 Å². The van der Waals surface area contributed by atoms with Crippen LogP contribution in [0.5, 0.6) is 0 Å². The minimum absolute atomic E-state index is 0.838. The first-order chi connectivity index (χ1) is 6.56. The lowest BCUT2D eigenvalue weighted by Crippen LogP contribution is -2.18. The molecular formula is C11H17BrN2. The van der Waals surface area contributed by atoms with Crippen LogP contribution in [0.3, 0.4) is 0 Å². The molecule has 0 aliphatic rings. The molecule has 2 N–H and O–H groups in total. The number of halogens is 1. The summed E-state index contributed by atoms with van der Waals surface area (Å²) in [6.07, 6.45) is 1.15. The first kappa shape index (κ1) is 11.4. The van der Waals surface area contributed by atoms with E-state index in [1.54, 1.807) is 0 Å². The zero-order valence-corrected chi connectivity index (χ0v) is 10.6. The Morgan fingerprint density at radius 1 is 1.43 bits per heavy atom. The molecular weight excluding hydrogens is 240 g/mol. The van der Waals surface area contributed by atoms with Gasteiger partial charge in [0.25, 0.3) is 0 Å². The van der Waals surface area contributed by atoms with Crippen molar-refractivity contribution in [1.29, 1.82) is 0 Å². The molecule has 0 aliphatic carbocycles. The van der Waals surface area contributed by atoms with Crippen molar-refractivity contribution < 1.29 is 0 Å². The Hall–Kier alpha value is -0.700. The summed E-state index contributed by atoms with van der Waals surface area (Å²) in [7, 11) is 2.10. The minimum atomic E-state index is 0.838. The van der Waals surface area contributed by atoms with Crippen LogP contribution >= 0.6 is 15.9 Å². The number of nitrogens with zero attached hydrogens (tertiary/aromatic N) is 1. The van der Waals surface area contributed by atoms with Crippen LogP contribution in [0.2, 0.25) is 0 Å². The van der Waals surface area contributed by atoms with Gasteiger partial charge in [-0.2, -0.15) is 0 Å². The number of hydrogen-bond donors (Lipinski definition) is 1.